The number of aromatic nitrogens is 2. The summed E-state index contributed by atoms with van der Waals surface area (Å²) < 4.78 is 6.59. The van der Waals surface area contributed by atoms with E-state index in [4.69, 9.17) is 10.2 Å². The highest BCUT2D eigenvalue weighted by Crippen LogP contribution is 2.15. The van der Waals surface area contributed by atoms with E-state index in [-0.39, 0.29) is 6.04 Å². The first-order valence-corrected chi connectivity index (χ1v) is 6.00. The minimum atomic E-state index is -0.430. The highest BCUT2D eigenvalue weighted by atomic mass is 16.4. The largest absolute Gasteiger partial charge is 0.421 e. The molecule has 1 unspecified atom stereocenters. The molecule has 2 N–H and O–H groups in total. The van der Waals surface area contributed by atoms with Crippen molar-refractivity contribution in [1.29, 1.82) is 0 Å². The van der Waals surface area contributed by atoms with E-state index in [1.54, 1.807) is 18.3 Å². The highest BCUT2D eigenvalue weighted by Gasteiger charge is 2.14. The molecule has 0 amide bonds. The number of pyridine rings is 1. The standard InChI is InChI=1S/C14H13N3O2/c15-11(10-5-2-1-3-6-10)9-17-13-12(19-14(17)18)7-4-8-16-13/h1-8,11H,9,15H2. The zero-order valence-corrected chi connectivity index (χ0v) is 10.2. The Morgan fingerprint density at radius 3 is 2.79 bits per heavy atom. The molecule has 0 fully saturated rings. The van der Waals surface area contributed by atoms with Gasteiger partial charge in [0.05, 0.1) is 6.54 Å². The molecule has 96 valence electrons. The monoisotopic (exact) mass is 255 g/mol. The van der Waals surface area contributed by atoms with E-state index in [0.29, 0.717) is 17.8 Å². The summed E-state index contributed by atoms with van der Waals surface area (Å²) in [5.41, 5.74) is 8.10. The molecule has 2 aromatic heterocycles. The third-order valence-corrected chi connectivity index (χ3v) is 3.03. The van der Waals surface area contributed by atoms with Crippen molar-refractivity contribution in [3.05, 3.63) is 64.8 Å². The molecule has 5 heteroatoms. The lowest BCUT2D eigenvalue weighted by molar-refractivity contribution is 0.480. The number of nitrogens with zero attached hydrogens (tertiary/aromatic N) is 2. The van der Waals surface area contributed by atoms with Gasteiger partial charge in [-0.3, -0.25) is 4.57 Å². The third-order valence-electron chi connectivity index (χ3n) is 3.03. The van der Waals surface area contributed by atoms with Crippen molar-refractivity contribution in [3.8, 4) is 0 Å². The normalized spacial score (nSPS) is 12.7. The number of hydrogen-bond donors (Lipinski definition) is 1. The second-order valence-corrected chi connectivity index (χ2v) is 4.32. The molecular weight excluding hydrogens is 242 g/mol. The number of nitrogens with two attached hydrogens (primary N) is 1. The van der Waals surface area contributed by atoms with Gasteiger partial charge in [-0.2, -0.15) is 0 Å². The summed E-state index contributed by atoms with van der Waals surface area (Å²) in [6.45, 7) is 0.340. The van der Waals surface area contributed by atoms with Gasteiger partial charge in [-0.15, -0.1) is 0 Å². The first kappa shape index (κ1) is 11.7. The molecule has 3 aromatic rings. The van der Waals surface area contributed by atoms with Crippen LogP contribution in [0.5, 0.6) is 0 Å². The van der Waals surface area contributed by atoms with Crippen LogP contribution in [0.15, 0.2) is 57.9 Å². The molecule has 19 heavy (non-hydrogen) atoms. The van der Waals surface area contributed by atoms with Crippen LogP contribution in [-0.2, 0) is 6.54 Å². The molecule has 1 atom stereocenters. The summed E-state index contributed by atoms with van der Waals surface area (Å²) in [5.74, 6) is -0.430. The molecular formula is C14H13N3O2. The maximum atomic E-state index is 11.8. The highest BCUT2D eigenvalue weighted by molar-refractivity contribution is 5.67. The Morgan fingerprint density at radius 2 is 2.00 bits per heavy atom. The van der Waals surface area contributed by atoms with Crippen LogP contribution >= 0.6 is 0 Å². The summed E-state index contributed by atoms with van der Waals surface area (Å²) in [6, 6.07) is 12.8. The van der Waals surface area contributed by atoms with E-state index in [0.717, 1.165) is 5.56 Å². The van der Waals surface area contributed by atoms with Gasteiger partial charge >= 0.3 is 5.76 Å². The maximum absolute atomic E-state index is 11.8. The number of benzene rings is 1. The van der Waals surface area contributed by atoms with Crippen molar-refractivity contribution >= 4 is 11.2 Å². The number of oxazole rings is 1. The summed E-state index contributed by atoms with van der Waals surface area (Å²) in [7, 11) is 0. The zero-order chi connectivity index (χ0) is 13.2. The molecule has 0 spiro atoms. The molecule has 1 aromatic carbocycles. The van der Waals surface area contributed by atoms with Gasteiger partial charge in [0.15, 0.2) is 11.2 Å². The smallest absolute Gasteiger partial charge is 0.406 e. The van der Waals surface area contributed by atoms with Gasteiger partial charge in [0.25, 0.3) is 0 Å². The van der Waals surface area contributed by atoms with Crippen molar-refractivity contribution in [2.75, 3.05) is 0 Å². The summed E-state index contributed by atoms with van der Waals surface area (Å²) in [5, 5.41) is 0. The fourth-order valence-electron chi connectivity index (χ4n) is 2.06. The van der Waals surface area contributed by atoms with Crippen LogP contribution in [0.1, 0.15) is 11.6 Å². The molecule has 0 aliphatic heterocycles. The van der Waals surface area contributed by atoms with E-state index in [9.17, 15) is 4.79 Å². The number of hydrogen-bond acceptors (Lipinski definition) is 4. The van der Waals surface area contributed by atoms with Gasteiger partial charge in [-0.1, -0.05) is 30.3 Å². The molecule has 0 aliphatic rings. The van der Waals surface area contributed by atoms with Crippen molar-refractivity contribution in [2.24, 2.45) is 5.73 Å². The summed E-state index contributed by atoms with van der Waals surface area (Å²) in [6.07, 6.45) is 1.63. The predicted molar refractivity (Wildman–Crippen MR) is 71.6 cm³/mol. The molecule has 0 saturated carbocycles. The van der Waals surface area contributed by atoms with Gasteiger partial charge in [0.2, 0.25) is 0 Å². The van der Waals surface area contributed by atoms with Gasteiger partial charge in [0.1, 0.15) is 0 Å². The third kappa shape index (κ3) is 2.15. The van der Waals surface area contributed by atoms with Gasteiger partial charge < -0.3 is 10.2 Å². The fourth-order valence-corrected chi connectivity index (χ4v) is 2.06. The van der Waals surface area contributed by atoms with Crippen LogP contribution in [0.4, 0.5) is 0 Å². The van der Waals surface area contributed by atoms with Crippen molar-refractivity contribution in [1.82, 2.24) is 9.55 Å². The van der Waals surface area contributed by atoms with E-state index < -0.39 is 5.76 Å². The molecule has 0 aliphatic carbocycles. The van der Waals surface area contributed by atoms with Crippen LogP contribution < -0.4 is 11.5 Å². The average molecular weight is 255 g/mol. The van der Waals surface area contributed by atoms with Crippen LogP contribution in [0.2, 0.25) is 0 Å². The van der Waals surface area contributed by atoms with E-state index in [2.05, 4.69) is 4.98 Å². The Bertz CT molecular complexity index is 746. The van der Waals surface area contributed by atoms with Crippen LogP contribution in [0.3, 0.4) is 0 Å². The Morgan fingerprint density at radius 1 is 1.21 bits per heavy atom. The van der Waals surface area contributed by atoms with Crippen molar-refractivity contribution in [3.63, 3.8) is 0 Å². The molecule has 0 bridgehead atoms. The lowest BCUT2D eigenvalue weighted by Crippen LogP contribution is -2.24. The SMILES string of the molecule is NC(Cn1c(=O)oc2cccnc21)c1ccccc1. The van der Waals surface area contributed by atoms with E-state index in [1.165, 1.54) is 4.57 Å². The summed E-state index contributed by atoms with van der Waals surface area (Å²) in [4.78, 5) is 16.0. The predicted octanol–water partition coefficient (Wildman–Crippen LogP) is 1.69. The summed E-state index contributed by atoms with van der Waals surface area (Å²) >= 11 is 0. The van der Waals surface area contributed by atoms with Gasteiger partial charge in [-0.05, 0) is 17.7 Å². The van der Waals surface area contributed by atoms with Gasteiger partial charge in [0, 0.05) is 12.2 Å². The lowest BCUT2D eigenvalue weighted by atomic mass is 10.1. The van der Waals surface area contributed by atoms with E-state index >= 15 is 0 Å². The molecule has 0 radical (unpaired) electrons. The minimum Gasteiger partial charge on any atom is -0.406 e. The first-order valence-electron chi connectivity index (χ1n) is 6.00. The Labute approximate surface area is 109 Å². The Balaban J connectivity index is 1.98. The first-order chi connectivity index (χ1) is 9.25. The zero-order valence-electron chi connectivity index (χ0n) is 10.2. The van der Waals surface area contributed by atoms with Gasteiger partial charge in [-0.25, -0.2) is 9.78 Å². The Kier molecular flexibility index (Phi) is 2.89. The second kappa shape index (κ2) is 4.70. The maximum Gasteiger partial charge on any atom is 0.421 e. The lowest BCUT2D eigenvalue weighted by Gasteiger charge is -2.11. The molecule has 3 rings (SSSR count). The minimum absolute atomic E-state index is 0.276. The topological polar surface area (TPSA) is 74.0 Å². The number of fused-ring (bicyclic) bond motifs is 1. The second-order valence-electron chi connectivity index (χ2n) is 4.32. The Hall–Kier alpha value is -2.40. The molecule has 0 saturated heterocycles. The van der Waals surface area contributed by atoms with Crippen molar-refractivity contribution < 1.29 is 4.42 Å². The van der Waals surface area contributed by atoms with E-state index in [1.807, 2.05) is 30.3 Å². The number of rotatable bonds is 3. The van der Waals surface area contributed by atoms with Crippen molar-refractivity contribution in [2.45, 2.75) is 12.6 Å². The van der Waals surface area contributed by atoms with Crippen LogP contribution in [0.25, 0.3) is 11.2 Å². The quantitative estimate of drug-likeness (QED) is 0.772. The average Bonchev–Trinajstić information content (AvgIpc) is 2.76. The van der Waals surface area contributed by atoms with Crippen LogP contribution in [-0.4, -0.2) is 9.55 Å². The molecule has 2 heterocycles. The fraction of sp³-hybridized carbons (Fsp3) is 0.143. The van der Waals surface area contributed by atoms with Crippen LogP contribution in [0, 0.1) is 0 Å². The molecule has 5 nitrogen and oxygen atoms in total.